The van der Waals surface area contributed by atoms with Crippen molar-refractivity contribution in [3.8, 4) is 17.2 Å². The number of ether oxygens (including phenoxy) is 4. The van der Waals surface area contributed by atoms with Gasteiger partial charge in [-0.3, -0.25) is 14.4 Å². The predicted octanol–water partition coefficient (Wildman–Crippen LogP) is 3.81. The molecule has 0 N–H and O–H groups in total. The van der Waals surface area contributed by atoms with Gasteiger partial charge in [-0.1, -0.05) is 19.1 Å². The van der Waals surface area contributed by atoms with Crippen LogP contribution in [0.1, 0.15) is 62.6 Å². The van der Waals surface area contributed by atoms with Crippen LogP contribution >= 0.6 is 0 Å². The molecule has 1 saturated carbocycles. The molecule has 2 aliphatic rings. The van der Waals surface area contributed by atoms with E-state index >= 15 is 0 Å². The first-order chi connectivity index (χ1) is 14.1. The van der Waals surface area contributed by atoms with Crippen molar-refractivity contribution >= 4 is 17.9 Å². The molecule has 0 aliphatic heterocycles. The molecular formula is C23H28O7. The number of carbonyl (C=O) groups is 3. The Morgan fingerprint density at radius 1 is 1.00 bits per heavy atom. The highest BCUT2D eigenvalue weighted by molar-refractivity contribution is 5.88. The van der Waals surface area contributed by atoms with Crippen LogP contribution in [-0.2, 0) is 19.1 Å². The number of rotatable bonds is 5. The number of allylic oxidation sites excluding steroid dienone is 1. The number of methoxy groups -OCH3 is 2. The van der Waals surface area contributed by atoms with Crippen LogP contribution in [0.5, 0.6) is 17.2 Å². The Kier molecular flexibility index (Phi) is 5.67. The molecule has 7 nitrogen and oxygen atoms in total. The molecule has 30 heavy (non-hydrogen) atoms. The van der Waals surface area contributed by atoms with E-state index in [1.807, 2.05) is 26.0 Å². The highest BCUT2D eigenvalue weighted by atomic mass is 16.6. The van der Waals surface area contributed by atoms with Crippen LogP contribution in [-0.4, -0.2) is 32.1 Å². The van der Waals surface area contributed by atoms with Gasteiger partial charge in [0, 0.05) is 36.5 Å². The number of esters is 3. The summed E-state index contributed by atoms with van der Waals surface area (Å²) in [5.74, 6) is -0.561. The van der Waals surface area contributed by atoms with E-state index < -0.39 is 17.4 Å². The Morgan fingerprint density at radius 3 is 2.10 bits per heavy atom. The van der Waals surface area contributed by atoms with Crippen LogP contribution in [0.2, 0.25) is 0 Å². The third kappa shape index (κ3) is 3.07. The molecule has 0 aromatic heterocycles. The Balaban J connectivity index is 2.38. The highest BCUT2D eigenvalue weighted by Crippen LogP contribution is 2.75. The van der Waals surface area contributed by atoms with E-state index in [-0.39, 0.29) is 23.7 Å². The average molecular weight is 416 g/mol. The van der Waals surface area contributed by atoms with Gasteiger partial charge in [-0.05, 0) is 32.1 Å². The van der Waals surface area contributed by atoms with E-state index in [0.717, 1.165) is 5.56 Å². The summed E-state index contributed by atoms with van der Waals surface area (Å²) in [6.07, 6.45) is 4.41. The first kappa shape index (κ1) is 21.9. The van der Waals surface area contributed by atoms with Gasteiger partial charge >= 0.3 is 17.9 Å². The first-order valence-corrected chi connectivity index (χ1v) is 9.98. The van der Waals surface area contributed by atoms with E-state index in [1.165, 1.54) is 28.1 Å². The molecule has 1 aromatic carbocycles. The molecule has 1 fully saturated rings. The Labute approximate surface area is 176 Å². The maximum absolute atomic E-state index is 12.9. The van der Waals surface area contributed by atoms with Gasteiger partial charge in [0.15, 0.2) is 11.5 Å². The quantitative estimate of drug-likeness (QED) is 0.410. The molecule has 0 amide bonds. The molecule has 162 valence electrons. The minimum atomic E-state index is -0.841. The smallest absolute Gasteiger partial charge is 0.316 e. The normalized spacial score (nSPS) is 26.4. The summed E-state index contributed by atoms with van der Waals surface area (Å²) < 4.78 is 21.9. The standard InChI is InChI=1S/C23H28O7/c1-8-9-23(22(26)28-7)15-10-11(2)16-17(18(15)23)19(29-13(4)24)12(3)20(27-6)21(16)30-14(5)25/h8-9,11,15,18H,10H2,1-7H3/b9-8+/t11-,15-,18-,23+/m1/s1. The summed E-state index contributed by atoms with van der Waals surface area (Å²) in [7, 11) is 2.85. The van der Waals surface area contributed by atoms with Gasteiger partial charge < -0.3 is 18.9 Å². The van der Waals surface area contributed by atoms with E-state index in [0.29, 0.717) is 34.8 Å². The van der Waals surface area contributed by atoms with Gasteiger partial charge in [0.1, 0.15) is 5.75 Å². The molecule has 0 bridgehead atoms. The third-order valence-corrected chi connectivity index (χ3v) is 6.18. The predicted molar refractivity (Wildman–Crippen MR) is 109 cm³/mol. The van der Waals surface area contributed by atoms with Crippen LogP contribution < -0.4 is 14.2 Å². The Hall–Kier alpha value is -2.83. The largest absolute Gasteiger partial charge is 0.492 e. The number of fused-ring (bicyclic) bond motifs is 3. The highest BCUT2D eigenvalue weighted by Gasteiger charge is 2.72. The SMILES string of the molecule is C/C=C/[C@]1(C(=O)OC)[C@@H]2C[C@@H](C)c3c(OC(C)=O)c(OC)c(C)c(OC(C)=O)c3[C@@H]21. The Morgan fingerprint density at radius 2 is 1.60 bits per heavy atom. The summed E-state index contributed by atoms with van der Waals surface area (Å²) in [6.45, 7) is 8.26. The fourth-order valence-electron chi connectivity index (χ4n) is 5.18. The molecule has 1 aromatic rings. The van der Waals surface area contributed by atoms with Gasteiger partial charge in [-0.15, -0.1) is 0 Å². The lowest BCUT2D eigenvalue weighted by Crippen LogP contribution is -2.19. The lowest BCUT2D eigenvalue weighted by molar-refractivity contribution is -0.145. The zero-order valence-electron chi connectivity index (χ0n) is 18.5. The number of hydrogen-bond acceptors (Lipinski definition) is 7. The van der Waals surface area contributed by atoms with E-state index in [1.54, 1.807) is 6.92 Å². The lowest BCUT2D eigenvalue weighted by atomic mass is 9.81. The topological polar surface area (TPSA) is 88.1 Å². The molecule has 4 atom stereocenters. The third-order valence-electron chi connectivity index (χ3n) is 6.18. The van der Waals surface area contributed by atoms with Crippen LogP contribution in [0, 0.1) is 18.3 Å². The lowest BCUT2D eigenvalue weighted by Gasteiger charge is -2.28. The van der Waals surface area contributed by atoms with Gasteiger partial charge in [-0.25, -0.2) is 0 Å². The van der Waals surface area contributed by atoms with E-state index in [4.69, 9.17) is 18.9 Å². The molecule has 0 unspecified atom stereocenters. The minimum Gasteiger partial charge on any atom is -0.492 e. The van der Waals surface area contributed by atoms with Gasteiger partial charge in [0.2, 0.25) is 0 Å². The van der Waals surface area contributed by atoms with Crippen molar-refractivity contribution in [2.45, 2.75) is 52.9 Å². The summed E-state index contributed by atoms with van der Waals surface area (Å²) in [5, 5.41) is 0. The maximum atomic E-state index is 12.9. The second-order valence-corrected chi connectivity index (χ2v) is 7.98. The fraction of sp³-hybridized carbons (Fsp3) is 0.522. The minimum absolute atomic E-state index is 0.00377. The number of hydrogen-bond donors (Lipinski definition) is 0. The van der Waals surface area contributed by atoms with Gasteiger partial charge in [-0.2, -0.15) is 0 Å². The maximum Gasteiger partial charge on any atom is 0.316 e. The van der Waals surface area contributed by atoms with Crippen molar-refractivity contribution in [1.82, 2.24) is 0 Å². The zero-order chi connectivity index (χ0) is 22.4. The van der Waals surface area contributed by atoms with Crippen LogP contribution in [0.15, 0.2) is 12.2 Å². The van der Waals surface area contributed by atoms with Crippen LogP contribution in [0.25, 0.3) is 0 Å². The van der Waals surface area contributed by atoms with Crippen LogP contribution in [0.3, 0.4) is 0 Å². The first-order valence-electron chi connectivity index (χ1n) is 9.98. The van der Waals surface area contributed by atoms with E-state index in [9.17, 15) is 14.4 Å². The number of carbonyl (C=O) groups excluding carboxylic acids is 3. The number of benzene rings is 1. The van der Waals surface area contributed by atoms with Crippen molar-refractivity contribution in [3.05, 3.63) is 28.8 Å². The summed E-state index contributed by atoms with van der Waals surface area (Å²) >= 11 is 0. The molecule has 0 spiro atoms. The van der Waals surface area contributed by atoms with Crippen LogP contribution in [0.4, 0.5) is 0 Å². The van der Waals surface area contributed by atoms with Crippen molar-refractivity contribution in [2.75, 3.05) is 14.2 Å². The van der Waals surface area contributed by atoms with Crippen molar-refractivity contribution in [3.63, 3.8) is 0 Å². The summed E-state index contributed by atoms with van der Waals surface area (Å²) in [6, 6.07) is 0. The molecule has 0 saturated heterocycles. The fourth-order valence-corrected chi connectivity index (χ4v) is 5.18. The second-order valence-electron chi connectivity index (χ2n) is 7.98. The molecular weight excluding hydrogens is 388 g/mol. The average Bonchev–Trinajstić information content (AvgIpc) is 3.30. The van der Waals surface area contributed by atoms with Crippen molar-refractivity contribution in [2.24, 2.45) is 11.3 Å². The van der Waals surface area contributed by atoms with Crippen molar-refractivity contribution in [1.29, 1.82) is 0 Å². The molecule has 0 heterocycles. The zero-order valence-corrected chi connectivity index (χ0v) is 18.5. The molecule has 0 radical (unpaired) electrons. The monoisotopic (exact) mass is 416 g/mol. The summed E-state index contributed by atoms with van der Waals surface area (Å²) in [5.41, 5.74) is 1.15. The molecule has 2 aliphatic carbocycles. The van der Waals surface area contributed by atoms with E-state index in [2.05, 4.69) is 0 Å². The second kappa shape index (κ2) is 7.78. The van der Waals surface area contributed by atoms with Gasteiger partial charge in [0.05, 0.1) is 19.6 Å². The summed E-state index contributed by atoms with van der Waals surface area (Å²) in [4.78, 5) is 36.7. The molecule has 3 rings (SSSR count). The molecule has 7 heteroatoms. The van der Waals surface area contributed by atoms with Crippen molar-refractivity contribution < 1.29 is 33.3 Å². The van der Waals surface area contributed by atoms with Gasteiger partial charge in [0.25, 0.3) is 0 Å². The Bertz CT molecular complexity index is 946.